The first kappa shape index (κ1) is 11.7. The molecule has 1 aliphatic rings. The molecule has 0 amide bonds. The van der Waals surface area contributed by atoms with Crippen molar-refractivity contribution in [1.29, 1.82) is 0 Å². The van der Waals surface area contributed by atoms with Crippen molar-refractivity contribution in [2.24, 2.45) is 0 Å². The molecule has 2 rings (SSSR count). The molecule has 0 aromatic heterocycles. The van der Waals surface area contributed by atoms with Crippen LogP contribution in [0.5, 0.6) is 0 Å². The summed E-state index contributed by atoms with van der Waals surface area (Å²) in [6.45, 7) is 13.6. The highest BCUT2D eigenvalue weighted by Gasteiger charge is 2.23. The second kappa shape index (κ2) is 3.89. The molecular weight excluding hydrogens is 194 g/mol. The van der Waals surface area contributed by atoms with Crippen LogP contribution >= 0.6 is 0 Å². The van der Waals surface area contributed by atoms with Gasteiger partial charge in [-0.1, -0.05) is 39.0 Å². The first-order valence-electron chi connectivity index (χ1n) is 6.24. The molecule has 1 heteroatoms. The first-order chi connectivity index (χ1) is 7.38. The van der Waals surface area contributed by atoms with Crippen LogP contribution in [0.3, 0.4) is 0 Å². The van der Waals surface area contributed by atoms with Gasteiger partial charge in [-0.25, -0.2) is 0 Å². The fraction of sp³-hybridized carbons (Fsp3) is 0.600. The molecule has 1 heterocycles. The molecule has 1 aromatic carbocycles. The minimum Gasteiger partial charge on any atom is -0.292 e. The molecule has 1 nitrogen and oxygen atoms in total. The van der Waals surface area contributed by atoms with Gasteiger partial charge in [0.05, 0.1) is 0 Å². The van der Waals surface area contributed by atoms with Gasteiger partial charge in [-0.05, 0) is 36.0 Å². The lowest BCUT2D eigenvalue weighted by molar-refractivity contribution is 0.227. The Bertz CT molecular complexity index is 385. The fourth-order valence-electron chi connectivity index (χ4n) is 2.25. The van der Waals surface area contributed by atoms with Crippen molar-refractivity contribution in [3.63, 3.8) is 0 Å². The number of rotatable bonds is 1. The average Bonchev–Trinajstić information content (AvgIpc) is 2.58. The van der Waals surface area contributed by atoms with Crippen molar-refractivity contribution < 1.29 is 0 Å². The van der Waals surface area contributed by atoms with Crippen LogP contribution in [0.25, 0.3) is 0 Å². The molecule has 0 atom stereocenters. The fourth-order valence-corrected chi connectivity index (χ4v) is 2.25. The molecule has 0 radical (unpaired) electrons. The third kappa shape index (κ3) is 2.15. The molecule has 0 saturated heterocycles. The van der Waals surface area contributed by atoms with Gasteiger partial charge in [0.2, 0.25) is 0 Å². The molecule has 0 spiro atoms. The minimum atomic E-state index is 0.264. The molecule has 16 heavy (non-hydrogen) atoms. The maximum Gasteiger partial charge on any atom is 0.0243 e. The highest BCUT2D eigenvalue weighted by Crippen LogP contribution is 2.30. The summed E-state index contributed by atoms with van der Waals surface area (Å²) in [7, 11) is 0. The molecule has 0 aliphatic carbocycles. The van der Waals surface area contributed by atoms with Crippen LogP contribution in [0.1, 0.15) is 51.3 Å². The standard InChI is InChI=1S/C15H23N/c1-11(2)16-9-12-6-7-14(15(3,4)5)8-13(12)10-16/h6-8,11H,9-10H2,1-5H3. The summed E-state index contributed by atoms with van der Waals surface area (Å²) in [5.74, 6) is 0. The van der Waals surface area contributed by atoms with Crippen LogP contribution in [0.2, 0.25) is 0 Å². The number of hydrogen-bond donors (Lipinski definition) is 0. The van der Waals surface area contributed by atoms with Gasteiger partial charge in [-0.2, -0.15) is 0 Å². The monoisotopic (exact) mass is 217 g/mol. The zero-order valence-corrected chi connectivity index (χ0v) is 11.2. The van der Waals surface area contributed by atoms with Gasteiger partial charge in [0.1, 0.15) is 0 Å². The second-order valence-electron chi connectivity index (χ2n) is 6.23. The summed E-state index contributed by atoms with van der Waals surface area (Å²) in [6, 6.07) is 7.66. The normalized spacial score (nSPS) is 16.9. The van der Waals surface area contributed by atoms with Gasteiger partial charge in [0.15, 0.2) is 0 Å². The summed E-state index contributed by atoms with van der Waals surface area (Å²) < 4.78 is 0. The highest BCUT2D eigenvalue weighted by molar-refractivity contribution is 5.37. The molecule has 1 aliphatic heterocycles. The van der Waals surface area contributed by atoms with Crippen LogP contribution < -0.4 is 0 Å². The van der Waals surface area contributed by atoms with Gasteiger partial charge in [-0.3, -0.25) is 4.90 Å². The van der Waals surface area contributed by atoms with E-state index in [1.54, 1.807) is 0 Å². The SMILES string of the molecule is CC(C)N1Cc2ccc(C(C)(C)C)cc2C1. The lowest BCUT2D eigenvalue weighted by Gasteiger charge is -2.20. The van der Waals surface area contributed by atoms with Crippen molar-refractivity contribution in [2.75, 3.05) is 0 Å². The van der Waals surface area contributed by atoms with E-state index in [9.17, 15) is 0 Å². The van der Waals surface area contributed by atoms with E-state index in [1.807, 2.05) is 0 Å². The number of benzene rings is 1. The zero-order chi connectivity index (χ0) is 11.9. The second-order valence-corrected chi connectivity index (χ2v) is 6.23. The van der Waals surface area contributed by atoms with Crippen molar-refractivity contribution in [1.82, 2.24) is 4.90 Å². The van der Waals surface area contributed by atoms with Crippen LogP contribution in [0, 0.1) is 0 Å². The summed E-state index contributed by atoms with van der Waals surface area (Å²) >= 11 is 0. The van der Waals surface area contributed by atoms with Gasteiger partial charge in [0, 0.05) is 19.1 Å². The van der Waals surface area contributed by atoms with Crippen LogP contribution in [-0.2, 0) is 18.5 Å². The summed E-state index contributed by atoms with van der Waals surface area (Å²) in [5.41, 5.74) is 4.76. The molecule has 0 saturated carbocycles. The number of fused-ring (bicyclic) bond motifs is 1. The Kier molecular flexibility index (Phi) is 2.83. The van der Waals surface area contributed by atoms with Crippen molar-refractivity contribution in [3.05, 3.63) is 34.9 Å². The minimum absolute atomic E-state index is 0.264. The van der Waals surface area contributed by atoms with Gasteiger partial charge in [0.25, 0.3) is 0 Å². The van der Waals surface area contributed by atoms with Gasteiger partial charge < -0.3 is 0 Å². The zero-order valence-electron chi connectivity index (χ0n) is 11.2. The average molecular weight is 217 g/mol. The Morgan fingerprint density at radius 1 is 1.06 bits per heavy atom. The Hall–Kier alpha value is -0.820. The third-order valence-electron chi connectivity index (χ3n) is 3.55. The third-order valence-corrected chi connectivity index (χ3v) is 3.55. The van der Waals surface area contributed by atoms with Gasteiger partial charge >= 0.3 is 0 Å². The van der Waals surface area contributed by atoms with Crippen LogP contribution in [-0.4, -0.2) is 10.9 Å². The van der Waals surface area contributed by atoms with E-state index < -0.39 is 0 Å². The molecule has 0 fully saturated rings. The Morgan fingerprint density at radius 3 is 2.25 bits per heavy atom. The lowest BCUT2D eigenvalue weighted by atomic mass is 9.85. The predicted molar refractivity (Wildman–Crippen MR) is 69.5 cm³/mol. The van der Waals surface area contributed by atoms with Crippen LogP contribution in [0.15, 0.2) is 18.2 Å². The molecule has 1 aromatic rings. The molecule has 0 unspecified atom stereocenters. The van der Waals surface area contributed by atoms with Gasteiger partial charge in [-0.15, -0.1) is 0 Å². The van der Waals surface area contributed by atoms with E-state index in [1.165, 1.54) is 16.7 Å². The molecular formula is C15H23N. The molecule has 88 valence electrons. The lowest BCUT2D eigenvalue weighted by Crippen LogP contribution is -2.24. The maximum absolute atomic E-state index is 2.52. The smallest absolute Gasteiger partial charge is 0.0243 e. The van der Waals surface area contributed by atoms with E-state index in [-0.39, 0.29) is 5.41 Å². The molecule has 0 N–H and O–H groups in total. The van der Waals surface area contributed by atoms with Crippen molar-refractivity contribution >= 4 is 0 Å². The van der Waals surface area contributed by atoms with Crippen LogP contribution in [0.4, 0.5) is 0 Å². The predicted octanol–water partition coefficient (Wildman–Crippen LogP) is 3.71. The van der Waals surface area contributed by atoms with Crippen molar-refractivity contribution in [2.45, 2.75) is 59.2 Å². The van der Waals surface area contributed by atoms with E-state index in [0.29, 0.717) is 6.04 Å². The highest BCUT2D eigenvalue weighted by atomic mass is 15.2. The molecule has 0 bridgehead atoms. The summed E-state index contributed by atoms with van der Waals surface area (Å²) in [6.07, 6.45) is 0. The number of hydrogen-bond acceptors (Lipinski definition) is 1. The largest absolute Gasteiger partial charge is 0.292 e. The van der Waals surface area contributed by atoms with E-state index in [2.05, 4.69) is 57.7 Å². The Labute approximate surface area is 99.5 Å². The topological polar surface area (TPSA) is 3.24 Å². The quantitative estimate of drug-likeness (QED) is 0.693. The first-order valence-corrected chi connectivity index (χ1v) is 6.24. The Balaban J connectivity index is 2.28. The Morgan fingerprint density at radius 2 is 1.69 bits per heavy atom. The van der Waals surface area contributed by atoms with E-state index in [0.717, 1.165) is 13.1 Å². The summed E-state index contributed by atoms with van der Waals surface area (Å²) in [5, 5.41) is 0. The maximum atomic E-state index is 2.52. The number of nitrogens with zero attached hydrogens (tertiary/aromatic N) is 1. The van der Waals surface area contributed by atoms with E-state index in [4.69, 9.17) is 0 Å². The summed E-state index contributed by atoms with van der Waals surface area (Å²) in [4.78, 5) is 2.52. The van der Waals surface area contributed by atoms with E-state index >= 15 is 0 Å². The van der Waals surface area contributed by atoms with Crippen molar-refractivity contribution in [3.8, 4) is 0 Å².